The van der Waals surface area contributed by atoms with Crippen LogP contribution in [0.25, 0.3) is 0 Å². The third-order valence-corrected chi connectivity index (χ3v) is 3.47. The smallest absolute Gasteiger partial charge is 0.253 e. The number of benzene rings is 2. The number of carbonyl (C=O) groups is 1. The molecule has 1 amide bonds. The van der Waals surface area contributed by atoms with Crippen molar-refractivity contribution in [1.29, 1.82) is 0 Å². The number of aromatic hydroxyl groups is 1. The zero-order chi connectivity index (χ0) is 14.7. The summed E-state index contributed by atoms with van der Waals surface area (Å²) in [6, 6.07) is 11.7. The molecule has 2 aromatic carbocycles. The fourth-order valence-electron chi connectivity index (χ4n) is 1.89. The summed E-state index contributed by atoms with van der Waals surface area (Å²) in [4.78, 5) is 12.2. The fourth-order valence-corrected chi connectivity index (χ4v) is 2.27. The molecule has 2 rings (SSSR count). The molecule has 0 radical (unpaired) electrons. The molecule has 104 valence electrons. The number of nitrogens with two attached hydrogens (primary N) is 1. The topological polar surface area (TPSA) is 75.4 Å². The van der Waals surface area contributed by atoms with E-state index in [1.807, 2.05) is 13.0 Å². The van der Waals surface area contributed by atoms with Gasteiger partial charge in [0.15, 0.2) is 0 Å². The first-order valence-electron chi connectivity index (χ1n) is 6.12. The van der Waals surface area contributed by atoms with Gasteiger partial charge in [-0.05, 0) is 42.8 Å². The second-order valence-corrected chi connectivity index (χ2v) is 5.44. The van der Waals surface area contributed by atoms with E-state index in [4.69, 9.17) is 5.73 Å². The number of phenols is 1. The molecule has 0 heterocycles. The minimum atomic E-state index is -0.245. The Morgan fingerprint density at radius 2 is 2.05 bits per heavy atom. The molecule has 0 aliphatic rings. The predicted molar refractivity (Wildman–Crippen MR) is 82.5 cm³/mol. The summed E-state index contributed by atoms with van der Waals surface area (Å²) in [6.07, 6.45) is 0. The second kappa shape index (κ2) is 5.96. The Morgan fingerprint density at radius 1 is 1.30 bits per heavy atom. The lowest BCUT2D eigenvalue weighted by molar-refractivity contribution is 0.0940. The van der Waals surface area contributed by atoms with Gasteiger partial charge in [-0.25, -0.2) is 0 Å². The quantitative estimate of drug-likeness (QED) is 0.754. The Labute approximate surface area is 125 Å². The van der Waals surface area contributed by atoms with Crippen molar-refractivity contribution in [2.45, 2.75) is 13.0 Å². The van der Waals surface area contributed by atoms with Gasteiger partial charge in [-0.15, -0.1) is 0 Å². The first kappa shape index (κ1) is 14.4. The molecule has 0 bridgehead atoms. The fraction of sp³-hybridized carbons (Fsp3) is 0.133. The lowest BCUT2D eigenvalue weighted by Gasteiger charge is -2.15. The van der Waals surface area contributed by atoms with Crippen molar-refractivity contribution in [2.24, 2.45) is 0 Å². The molecular formula is C15H15BrN2O2. The maximum atomic E-state index is 12.2. The normalized spacial score (nSPS) is 11.9. The standard InChI is InChI=1S/C15H15BrN2O2/c1-9(10-3-2-4-12(19)7-10)18-15(20)13-6-5-11(16)8-14(13)17/h2-9,19H,17H2,1H3,(H,18,20). The Balaban J connectivity index is 2.15. The van der Waals surface area contributed by atoms with Crippen LogP contribution in [0.5, 0.6) is 5.75 Å². The van der Waals surface area contributed by atoms with E-state index >= 15 is 0 Å². The third-order valence-electron chi connectivity index (χ3n) is 2.98. The third kappa shape index (κ3) is 3.30. The highest BCUT2D eigenvalue weighted by Crippen LogP contribution is 2.21. The molecule has 5 heteroatoms. The van der Waals surface area contributed by atoms with E-state index in [1.54, 1.807) is 36.4 Å². The molecule has 0 saturated carbocycles. The van der Waals surface area contributed by atoms with Crippen molar-refractivity contribution in [3.05, 3.63) is 58.1 Å². The van der Waals surface area contributed by atoms with E-state index in [1.165, 1.54) is 0 Å². The van der Waals surface area contributed by atoms with Crippen LogP contribution in [0.2, 0.25) is 0 Å². The van der Waals surface area contributed by atoms with Crippen LogP contribution in [-0.2, 0) is 0 Å². The number of hydrogen-bond donors (Lipinski definition) is 3. The largest absolute Gasteiger partial charge is 0.508 e. The number of rotatable bonds is 3. The van der Waals surface area contributed by atoms with Crippen LogP contribution in [0.1, 0.15) is 28.9 Å². The predicted octanol–water partition coefficient (Wildman–Crippen LogP) is 3.23. The molecule has 0 aliphatic carbocycles. The number of halogens is 1. The zero-order valence-electron chi connectivity index (χ0n) is 10.9. The highest BCUT2D eigenvalue weighted by atomic mass is 79.9. The van der Waals surface area contributed by atoms with Gasteiger partial charge in [0, 0.05) is 10.2 Å². The Morgan fingerprint density at radius 3 is 2.70 bits per heavy atom. The highest BCUT2D eigenvalue weighted by Gasteiger charge is 2.14. The van der Waals surface area contributed by atoms with E-state index in [0.29, 0.717) is 11.3 Å². The highest BCUT2D eigenvalue weighted by molar-refractivity contribution is 9.10. The van der Waals surface area contributed by atoms with Gasteiger partial charge in [-0.3, -0.25) is 4.79 Å². The van der Waals surface area contributed by atoms with E-state index in [9.17, 15) is 9.90 Å². The molecule has 1 unspecified atom stereocenters. The van der Waals surface area contributed by atoms with Gasteiger partial charge in [-0.2, -0.15) is 0 Å². The molecule has 0 aliphatic heterocycles. The molecular weight excluding hydrogens is 320 g/mol. The molecule has 0 aromatic heterocycles. The lowest BCUT2D eigenvalue weighted by Crippen LogP contribution is -2.27. The number of nitrogens with one attached hydrogen (secondary N) is 1. The Hall–Kier alpha value is -2.01. The first-order valence-corrected chi connectivity index (χ1v) is 6.91. The summed E-state index contributed by atoms with van der Waals surface area (Å²) in [5, 5.41) is 12.3. The van der Waals surface area contributed by atoms with Crippen molar-refractivity contribution in [3.63, 3.8) is 0 Å². The SMILES string of the molecule is CC(NC(=O)c1ccc(Br)cc1N)c1cccc(O)c1. The van der Waals surface area contributed by atoms with Crippen LogP contribution in [0.4, 0.5) is 5.69 Å². The molecule has 0 spiro atoms. The monoisotopic (exact) mass is 334 g/mol. The van der Waals surface area contributed by atoms with Crippen molar-refractivity contribution >= 4 is 27.5 Å². The molecule has 4 nitrogen and oxygen atoms in total. The first-order chi connectivity index (χ1) is 9.47. The van der Waals surface area contributed by atoms with E-state index in [0.717, 1.165) is 10.0 Å². The van der Waals surface area contributed by atoms with Crippen LogP contribution < -0.4 is 11.1 Å². The van der Waals surface area contributed by atoms with Crippen LogP contribution in [0, 0.1) is 0 Å². The summed E-state index contributed by atoms with van der Waals surface area (Å²) in [5.74, 6) is -0.0717. The second-order valence-electron chi connectivity index (χ2n) is 4.52. The number of carbonyl (C=O) groups excluding carboxylic acids is 1. The summed E-state index contributed by atoms with van der Waals surface area (Å²) in [5.41, 5.74) is 7.51. The molecule has 2 aromatic rings. The van der Waals surface area contributed by atoms with Crippen molar-refractivity contribution in [2.75, 3.05) is 5.73 Å². The van der Waals surface area contributed by atoms with E-state index in [-0.39, 0.29) is 17.7 Å². The van der Waals surface area contributed by atoms with Gasteiger partial charge >= 0.3 is 0 Å². The average Bonchev–Trinajstić information content (AvgIpc) is 2.38. The molecule has 20 heavy (non-hydrogen) atoms. The molecule has 1 atom stereocenters. The van der Waals surface area contributed by atoms with Crippen molar-refractivity contribution in [1.82, 2.24) is 5.32 Å². The lowest BCUT2D eigenvalue weighted by atomic mass is 10.1. The minimum Gasteiger partial charge on any atom is -0.508 e. The van der Waals surface area contributed by atoms with E-state index < -0.39 is 0 Å². The maximum Gasteiger partial charge on any atom is 0.253 e. The van der Waals surface area contributed by atoms with Crippen LogP contribution >= 0.6 is 15.9 Å². The zero-order valence-corrected chi connectivity index (χ0v) is 12.5. The van der Waals surface area contributed by atoms with Gasteiger partial charge < -0.3 is 16.2 Å². The number of anilines is 1. The summed E-state index contributed by atoms with van der Waals surface area (Å²) < 4.78 is 0.826. The maximum absolute atomic E-state index is 12.2. The number of amides is 1. The number of phenolic OH excluding ortho intramolecular Hbond substituents is 1. The van der Waals surface area contributed by atoms with E-state index in [2.05, 4.69) is 21.2 Å². The van der Waals surface area contributed by atoms with Gasteiger partial charge in [0.2, 0.25) is 0 Å². The Kier molecular flexibility index (Phi) is 4.29. The summed E-state index contributed by atoms with van der Waals surface area (Å²) in [7, 11) is 0. The van der Waals surface area contributed by atoms with Crippen molar-refractivity contribution in [3.8, 4) is 5.75 Å². The summed E-state index contributed by atoms with van der Waals surface area (Å²) >= 11 is 3.30. The van der Waals surface area contributed by atoms with Crippen LogP contribution in [0.15, 0.2) is 46.9 Å². The van der Waals surface area contributed by atoms with Gasteiger partial charge in [-0.1, -0.05) is 28.1 Å². The van der Waals surface area contributed by atoms with Crippen LogP contribution in [0.3, 0.4) is 0 Å². The summed E-state index contributed by atoms with van der Waals surface area (Å²) in [6.45, 7) is 1.85. The Bertz CT molecular complexity index is 644. The van der Waals surface area contributed by atoms with Crippen LogP contribution in [-0.4, -0.2) is 11.0 Å². The molecule has 0 fully saturated rings. The van der Waals surface area contributed by atoms with Gasteiger partial charge in [0.25, 0.3) is 5.91 Å². The average molecular weight is 335 g/mol. The molecule has 4 N–H and O–H groups in total. The van der Waals surface area contributed by atoms with Gasteiger partial charge in [0.1, 0.15) is 5.75 Å². The number of hydrogen-bond acceptors (Lipinski definition) is 3. The minimum absolute atomic E-state index is 0.173. The van der Waals surface area contributed by atoms with Crippen molar-refractivity contribution < 1.29 is 9.90 Å². The van der Waals surface area contributed by atoms with Gasteiger partial charge in [0.05, 0.1) is 11.6 Å². The molecule has 0 saturated heterocycles. The number of nitrogen functional groups attached to an aromatic ring is 1.